The number of piperidine rings is 1. The molecule has 1 N–H and O–H groups in total. The van der Waals surface area contributed by atoms with Crippen LogP contribution in [0.5, 0.6) is 0 Å². The van der Waals surface area contributed by atoms with Gasteiger partial charge >= 0.3 is 0 Å². The van der Waals surface area contributed by atoms with Crippen LogP contribution in [0.2, 0.25) is 0 Å². The van der Waals surface area contributed by atoms with Gasteiger partial charge in [0, 0.05) is 39.3 Å². The largest absolute Gasteiger partial charge is 0.319 e. The molecule has 6 nitrogen and oxygen atoms in total. The summed E-state index contributed by atoms with van der Waals surface area (Å²) in [5.41, 5.74) is 0. The second-order valence-electron chi connectivity index (χ2n) is 6.15. The van der Waals surface area contributed by atoms with Gasteiger partial charge in [-0.05, 0) is 45.3 Å². The van der Waals surface area contributed by atoms with Gasteiger partial charge in [0.05, 0.1) is 0 Å². The molecule has 0 saturated carbocycles. The lowest BCUT2D eigenvalue weighted by Gasteiger charge is -2.38. The topological polar surface area (TPSA) is 55.9 Å². The lowest BCUT2D eigenvalue weighted by atomic mass is 9.98. The maximum Gasteiger partial charge on any atom is 0.282 e. The molecule has 7 heteroatoms. The standard InChI is InChI=1S/C14H30N4O2S/c1-3-6-16-9-11-18(12-10-16)21(19,20)17-7-4-14(5-8-17)13-15-2/h14-15H,3-13H2,1-2H3. The summed E-state index contributed by atoms with van der Waals surface area (Å²) in [5.74, 6) is 0.614. The molecule has 21 heavy (non-hydrogen) atoms. The normalized spacial score (nSPS) is 24.5. The van der Waals surface area contributed by atoms with Gasteiger partial charge in [-0.2, -0.15) is 17.0 Å². The van der Waals surface area contributed by atoms with E-state index in [1.54, 1.807) is 8.61 Å². The van der Waals surface area contributed by atoms with Crippen molar-refractivity contribution in [2.24, 2.45) is 5.92 Å². The minimum absolute atomic E-state index is 0.614. The molecule has 0 spiro atoms. The molecule has 0 bridgehead atoms. The van der Waals surface area contributed by atoms with Crippen molar-refractivity contribution in [2.75, 3.05) is 59.4 Å². The molecule has 2 aliphatic rings. The quantitative estimate of drug-likeness (QED) is 0.760. The third-order valence-corrected chi connectivity index (χ3v) is 6.63. The Labute approximate surface area is 129 Å². The van der Waals surface area contributed by atoms with Gasteiger partial charge in [0.25, 0.3) is 10.2 Å². The highest BCUT2D eigenvalue weighted by atomic mass is 32.2. The predicted octanol–water partition coefficient (Wildman–Crippen LogP) is 0.190. The zero-order chi connectivity index (χ0) is 15.3. The molecular weight excluding hydrogens is 288 g/mol. The summed E-state index contributed by atoms with van der Waals surface area (Å²) in [5, 5.41) is 3.19. The first-order valence-corrected chi connectivity index (χ1v) is 9.59. The van der Waals surface area contributed by atoms with Crippen molar-refractivity contribution in [3.05, 3.63) is 0 Å². The van der Waals surface area contributed by atoms with Crippen molar-refractivity contribution < 1.29 is 8.42 Å². The Bertz CT molecular complexity index is 367. The Morgan fingerprint density at radius 3 is 2.10 bits per heavy atom. The third kappa shape index (κ3) is 4.39. The van der Waals surface area contributed by atoms with Crippen LogP contribution in [0.25, 0.3) is 0 Å². The van der Waals surface area contributed by atoms with Crippen molar-refractivity contribution >= 4 is 10.2 Å². The highest BCUT2D eigenvalue weighted by Gasteiger charge is 2.34. The van der Waals surface area contributed by atoms with Gasteiger partial charge in [0.2, 0.25) is 0 Å². The van der Waals surface area contributed by atoms with E-state index in [-0.39, 0.29) is 0 Å². The second kappa shape index (κ2) is 7.87. The van der Waals surface area contributed by atoms with Crippen molar-refractivity contribution in [3.63, 3.8) is 0 Å². The Morgan fingerprint density at radius 2 is 1.57 bits per heavy atom. The molecule has 0 unspecified atom stereocenters. The number of piperazine rings is 1. The summed E-state index contributed by atoms with van der Waals surface area (Å²) < 4.78 is 28.7. The molecule has 0 amide bonds. The van der Waals surface area contributed by atoms with Gasteiger partial charge in [-0.1, -0.05) is 6.92 Å². The second-order valence-corrected chi connectivity index (χ2v) is 8.08. The van der Waals surface area contributed by atoms with E-state index >= 15 is 0 Å². The van der Waals surface area contributed by atoms with Crippen molar-refractivity contribution in [3.8, 4) is 0 Å². The van der Waals surface area contributed by atoms with E-state index in [0.717, 1.165) is 45.4 Å². The zero-order valence-electron chi connectivity index (χ0n) is 13.4. The predicted molar refractivity (Wildman–Crippen MR) is 85.4 cm³/mol. The Morgan fingerprint density at radius 1 is 1.00 bits per heavy atom. The average Bonchev–Trinajstić information content (AvgIpc) is 2.49. The van der Waals surface area contributed by atoms with Gasteiger partial charge in [-0.25, -0.2) is 0 Å². The van der Waals surface area contributed by atoms with Crippen LogP contribution >= 0.6 is 0 Å². The summed E-state index contributed by atoms with van der Waals surface area (Å²) in [7, 11) is -1.28. The molecule has 2 saturated heterocycles. The minimum Gasteiger partial charge on any atom is -0.319 e. The molecule has 2 heterocycles. The molecule has 0 atom stereocenters. The molecule has 2 aliphatic heterocycles. The number of nitrogens with one attached hydrogen (secondary N) is 1. The molecule has 124 valence electrons. The molecular formula is C14H30N4O2S. The first kappa shape index (κ1) is 17.1. The number of nitrogens with zero attached hydrogens (tertiary/aromatic N) is 3. The van der Waals surface area contributed by atoms with Crippen LogP contribution in [0, 0.1) is 5.92 Å². The maximum atomic E-state index is 12.7. The summed E-state index contributed by atoms with van der Waals surface area (Å²) >= 11 is 0. The number of rotatable bonds is 6. The van der Waals surface area contributed by atoms with Crippen LogP contribution in [0.4, 0.5) is 0 Å². The SMILES string of the molecule is CCCN1CCN(S(=O)(=O)N2CCC(CNC)CC2)CC1. The van der Waals surface area contributed by atoms with E-state index in [9.17, 15) is 8.42 Å². The first-order valence-electron chi connectivity index (χ1n) is 8.20. The van der Waals surface area contributed by atoms with E-state index in [1.165, 1.54) is 0 Å². The average molecular weight is 318 g/mol. The van der Waals surface area contributed by atoms with E-state index in [4.69, 9.17) is 0 Å². The van der Waals surface area contributed by atoms with Crippen LogP contribution in [-0.2, 0) is 10.2 Å². The molecule has 2 rings (SSSR count). The van der Waals surface area contributed by atoms with Gasteiger partial charge in [0.15, 0.2) is 0 Å². The fraction of sp³-hybridized carbons (Fsp3) is 1.00. The van der Waals surface area contributed by atoms with Gasteiger partial charge < -0.3 is 10.2 Å². The van der Waals surface area contributed by atoms with Gasteiger partial charge in [-0.3, -0.25) is 0 Å². The van der Waals surface area contributed by atoms with Crippen molar-refractivity contribution in [1.82, 2.24) is 18.8 Å². The molecule has 0 aliphatic carbocycles. The maximum absolute atomic E-state index is 12.7. The summed E-state index contributed by atoms with van der Waals surface area (Å²) in [6, 6.07) is 0. The Kier molecular flexibility index (Phi) is 6.43. The highest BCUT2D eigenvalue weighted by Crippen LogP contribution is 2.21. The van der Waals surface area contributed by atoms with Crippen LogP contribution in [0.15, 0.2) is 0 Å². The summed E-state index contributed by atoms with van der Waals surface area (Å²) in [6.45, 7) is 8.57. The lowest BCUT2D eigenvalue weighted by molar-refractivity contribution is 0.175. The summed E-state index contributed by atoms with van der Waals surface area (Å²) in [6.07, 6.45) is 3.07. The van der Waals surface area contributed by atoms with Crippen LogP contribution in [-0.4, -0.2) is 81.3 Å². The smallest absolute Gasteiger partial charge is 0.282 e. The van der Waals surface area contributed by atoms with Crippen LogP contribution < -0.4 is 5.32 Å². The van der Waals surface area contributed by atoms with Crippen molar-refractivity contribution in [2.45, 2.75) is 26.2 Å². The fourth-order valence-corrected chi connectivity index (χ4v) is 4.92. The molecule has 0 aromatic carbocycles. The molecule has 0 radical (unpaired) electrons. The van der Waals surface area contributed by atoms with E-state index in [2.05, 4.69) is 17.1 Å². The van der Waals surface area contributed by atoms with Gasteiger partial charge in [-0.15, -0.1) is 0 Å². The van der Waals surface area contributed by atoms with Gasteiger partial charge in [0.1, 0.15) is 0 Å². The number of hydrogen-bond donors (Lipinski definition) is 1. The lowest BCUT2D eigenvalue weighted by Crippen LogP contribution is -2.54. The Hall–Kier alpha value is -0.210. The Balaban J connectivity index is 1.85. The minimum atomic E-state index is -3.24. The fourth-order valence-electron chi connectivity index (χ4n) is 3.30. The van der Waals surface area contributed by atoms with E-state index in [0.29, 0.717) is 32.1 Å². The summed E-state index contributed by atoms with van der Waals surface area (Å²) in [4.78, 5) is 2.35. The van der Waals surface area contributed by atoms with Crippen LogP contribution in [0.1, 0.15) is 26.2 Å². The zero-order valence-corrected chi connectivity index (χ0v) is 14.2. The highest BCUT2D eigenvalue weighted by molar-refractivity contribution is 7.86. The molecule has 0 aromatic heterocycles. The van der Waals surface area contributed by atoms with E-state index < -0.39 is 10.2 Å². The monoisotopic (exact) mass is 318 g/mol. The van der Waals surface area contributed by atoms with Crippen molar-refractivity contribution in [1.29, 1.82) is 0 Å². The molecule has 0 aromatic rings. The first-order chi connectivity index (χ1) is 10.1. The van der Waals surface area contributed by atoms with E-state index in [1.807, 2.05) is 7.05 Å². The third-order valence-electron chi connectivity index (χ3n) is 4.59. The van der Waals surface area contributed by atoms with Crippen LogP contribution in [0.3, 0.4) is 0 Å². The number of hydrogen-bond acceptors (Lipinski definition) is 4. The molecule has 2 fully saturated rings.